The molecule has 1 fully saturated rings. The Morgan fingerprint density at radius 3 is 2.90 bits per heavy atom. The molecule has 2 rings (SSSR count). The van der Waals surface area contributed by atoms with Gasteiger partial charge < -0.3 is 5.32 Å². The van der Waals surface area contributed by atoms with Crippen LogP contribution in [0.25, 0.3) is 0 Å². The lowest BCUT2D eigenvalue weighted by molar-refractivity contribution is -0.385. The maximum Gasteiger partial charge on any atom is 0.282 e. The third-order valence-corrected chi connectivity index (χ3v) is 4.70. The molecule has 0 aromatic heterocycles. The van der Waals surface area contributed by atoms with Crippen molar-refractivity contribution in [2.45, 2.75) is 37.4 Å². The van der Waals surface area contributed by atoms with Gasteiger partial charge >= 0.3 is 0 Å². The standard InChI is InChI=1S/C15H19BrN2O3/c1-10-5-6-14(18(20)21)13(7-10)15(19)17-9-11-3-2-4-12(16)8-11/h5-7,11-12H,2-4,8-9H2,1H3,(H,17,19). The summed E-state index contributed by atoms with van der Waals surface area (Å²) in [5.74, 6) is 0.0815. The van der Waals surface area contributed by atoms with E-state index in [1.807, 2.05) is 6.92 Å². The average Bonchev–Trinajstić information content (AvgIpc) is 2.44. The molecule has 1 aliphatic rings. The van der Waals surface area contributed by atoms with Crippen molar-refractivity contribution >= 4 is 27.5 Å². The van der Waals surface area contributed by atoms with Crippen LogP contribution in [0.2, 0.25) is 0 Å². The number of hydrogen-bond acceptors (Lipinski definition) is 3. The Hall–Kier alpha value is -1.43. The van der Waals surface area contributed by atoms with Crippen molar-refractivity contribution in [3.05, 3.63) is 39.4 Å². The van der Waals surface area contributed by atoms with Crippen LogP contribution in [0.1, 0.15) is 41.6 Å². The minimum Gasteiger partial charge on any atom is -0.352 e. The Bertz CT molecular complexity index is 548. The molecule has 1 aromatic carbocycles. The molecule has 114 valence electrons. The lowest BCUT2D eigenvalue weighted by Gasteiger charge is -2.25. The summed E-state index contributed by atoms with van der Waals surface area (Å²) in [4.78, 5) is 23.2. The molecule has 6 heteroatoms. The monoisotopic (exact) mass is 354 g/mol. The van der Waals surface area contributed by atoms with Crippen molar-refractivity contribution in [3.63, 3.8) is 0 Å². The van der Waals surface area contributed by atoms with Gasteiger partial charge in [0.25, 0.3) is 11.6 Å². The van der Waals surface area contributed by atoms with E-state index >= 15 is 0 Å². The molecule has 0 heterocycles. The van der Waals surface area contributed by atoms with Gasteiger partial charge in [-0.1, -0.05) is 28.4 Å². The van der Waals surface area contributed by atoms with E-state index in [1.54, 1.807) is 12.1 Å². The minimum atomic E-state index is -0.510. The van der Waals surface area contributed by atoms with Gasteiger partial charge in [0, 0.05) is 17.4 Å². The molecular formula is C15H19BrN2O3. The Morgan fingerprint density at radius 2 is 2.24 bits per heavy atom. The lowest BCUT2D eigenvalue weighted by atomic mass is 9.89. The largest absolute Gasteiger partial charge is 0.352 e. The van der Waals surface area contributed by atoms with Crippen molar-refractivity contribution in [1.29, 1.82) is 0 Å². The predicted molar refractivity (Wildman–Crippen MR) is 84.8 cm³/mol. The summed E-state index contributed by atoms with van der Waals surface area (Å²) < 4.78 is 0. The lowest BCUT2D eigenvalue weighted by Crippen LogP contribution is -2.32. The molecule has 2 unspecified atom stereocenters. The minimum absolute atomic E-state index is 0.139. The number of nitro groups is 1. The van der Waals surface area contributed by atoms with E-state index in [0.717, 1.165) is 24.8 Å². The summed E-state index contributed by atoms with van der Waals surface area (Å²) >= 11 is 3.62. The number of alkyl halides is 1. The molecule has 21 heavy (non-hydrogen) atoms. The van der Waals surface area contributed by atoms with Gasteiger partial charge in [-0.05, 0) is 43.7 Å². The zero-order valence-electron chi connectivity index (χ0n) is 12.0. The van der Waals surface area contributed by atoms with Crippen LogP contribution in [-0.2, 0) is 0 Å². The number of benzene rings is 1. The van der Waals surface area contributed by atoms with E-state index in [4.69, 9.17) is 0 Å². The second kappa shape index (κ2) is 7.02. The van der Waals surface area contributed by atoms with Crippen molar-refractivity contribution in [1.82, 2.24) is 5.32 Å². The van der Waals surface area contributed by atoms with Gasteiger partial charge in [-0.2, -0.15) is 0 Å². The van der Waals surface area contributed by atoms with E-state index in [0.29, 0.717) is 17.3 Å². The van der Waals surface area contributed by atoms with Crippen molar-refractivity contribution in [2.75, 3.05) is 6.54 Å². The Balaban J connectivity index is 2.03. The molecule has 0 bridgehead atoms. The number of hydrogen-bond donors (Lipinski definition) is 1. The van der Waals surface area contributed by atoms with Crippen LogP contribution < -0.4 is 5.32 Å². The maximum atomic E-state index is 12.2. The van der Waals surface area contributed by atoms with E-state index < -0.39 is 4.92 Å². The first kappa shape index (κ1) is 15.9. The number of carbonyl (C=O) groups excluding carboxylic acids is 1. The molecule has 1 amide bonds. The summed E-state index contributed by atoms with van der Waals surface area (Å²) in [5.41, 5.74) is 0.843. The molecule has 0 aliphatic heterocycles. The summed E-state index contributed by atoms with van der Waals surface area (Å²) in [7, 11) is 0. The second-order valence-electron chi connectivity index (χ2n) is 5.62. The first-order valence-corrected chi connectivity index (χ1v) is 8.06. The predicted octanol–water partition coefficient (Wildman–Crippen LogP) is 3.59. The highest BCUT2D eigenvalue weighted by molar-refractivity contribution is 9.09. The second-order valence-corrected chi connectivity index (χ2v) is 6.91. The summed E-state index contributed by atoms with van der Waals surface area (Å²) in [6.07, 6.45) is 4.46. The maximum absolute atomic E-state index is 12.2. The molecule has 0 saturated heterocycles. The third-order valence-electron chi connectivity index (χ3n) is 3.86. The number of carbonyl (C=O) groups is 1. The first-order chi connectivity index (χ1) is 9.97. The van der Waals surface area contributed by atoms with E-state index in [1.165, 1.54) is 12.5 Å². The van der Waals surface area contributed by atoms with Crippen LogP contribution in [0, 0.1) is 23.0 Å². The molecule has 0 radical (unpaired) electrons. The summed E-state index contributed by atoms with van der Waals surface area (Å²) in [6.45, 7) is 2.39. The number of nitrogens with zero attached hydrogens (tertiary/aromatic N) is 1. The van der Waals surface area contributed by atoms with Gasteiger partial charge in [0.05, 0.1) is 4.92 Å². The van der Waals surface area contributed by atoms with E-state index in [-0.39, 0.29) is 17.2 Å². The van der Waals surface area contributed by atoms with Crippen molar-refractivity contribution in [3.8, 4) is 0 Å². The van der Waals surface area contributed by atoms with Crippen molar-refractivity contribution < 1.29 is 9.72 Å². The van der Waals surface area contributed by atoms with E-state index in [2.05, 4.69) is 21.2 Å². The zero-order chi connectivity index (χ0) is 15.4. The molecule has 1 aromatic rings. The number of amides is 1. The van der Waals surface area contributed by atoms with Crippen LogP contribution in [0.5, 0.6) is 0 Å². The Morgan fingerprint density at radius 1 is 1.48 bits per heavy atom. The topological polar surface area (TPSA) is 72.2 Å². The molecule has 1 N–H and O–H groups in total. The van der Waals surface area contributed by atoms with Crippen molar-refractivity contribution in [2.24, 2.45) is 5.92 Å². The third kappa shape index (κ3) is 4.27. The smallest absolute Gasteiger partial charge is 0.282 e. The number of halogens is 1. The highest BCUT2D eigenvalue weighted by atomic mass is 79.9. The van der Waals surface area contributed by atoms with E-state index in [9.17, 15) is 14.9 Å². The first-order valence-electron chi connectivity index (χ1n) is 7.14. The molecule has 5 nitrogen and oxygen atoms in total. The van der Waals surface area contributed by atoms with Gasteiger partial charge in [0.2, 0.25) is 0 Å². The normalized spacial score (nSPS) is 21.8. The summed E-state index contributed by atoms with van der Waals surface area (Å²) in [5, 5.41) is 13.9. The SMILES string of the molecule is Cc1ccc([N+](=O)[O-])c(C(=O)NCC2CCCC(Br)C2)c1. The molecule has 0 spiro atoms. The number of nitrogens with one attached hydrogen (secondary N) is 1. The van der Waals surface area contributed by atoms with Gasteiger partial charge in [-0.25, -0.2) is 0 Å². The van der Waals surface area contributed by atoms with Crippen LogP contribution in [-0.4, -0.2) is 22.2 Å². The van der Waals surface area contributed by atoms with Crippen LogP contribution >= 0.6 is 15.9 Å². The quantitative estimate of drug-likeness (QED) is 0.510. The van der Waals surface area contributed by atoms with Gasteiger partial charge in [-0.15, -0.1) is 0 Å². The van der Waals surface area contributed by atoms with Crippen LogP contribution in [0.15, 0.2) is 18.2 Å². The number of rotatable bonds is 4. The average molecular weight is 355 g/mol. The fraction of sp³-hybridized carbons (Fsp3) is 0.533. The highest BCUT2D eigenvalue weighted by Gasteiger charge is 2.23. The van der Waals surface area contributed by atoms with Gasteiger partial charge in [0.1, 0.15) is 5.56 Å². The fourth-order valence-corrected chi connectivity index (χ4v) is 3.59. The fourth-order valence-electron chi connectivity index (χ4n) is 2.73. The highest BCUT2D eigenvalue weighted by Crippen LogP contribution is 2.28. The Kier molecular flexibility index (Phi) is 5.33. The number of nitro benzene ring substituents is 1. The van der Waals surface area contributed by atoms with Crippen LogP contribution in [0.3, 0.4) is 0 Å². The zero-order valence-corrected chi connectivity index (χ0v) is 13.6. The van der Waals surface area contributed by atoms with Gasteiger partial charge in [0.15, 0.2) is 0 Å². The Labute approximate surface area is 132 Å². The van der Waals surface area contributed by atoms with Crippen LogP contribution in [0.4, 0.5) is 5.69 Å². The summed E-state index contributed by atoms with van der Waals surface area (Å²) in [6, 6.07) is 4.60. The molecule has 2 atom stereocenters. The molecule has 1 saturated carbocycles. The van der Waals surface area contributed by atoms with Gasteiger partial charge in [-0.3, -0.25) is 14.9 Å². The molecule has 1 aliphatic carbocycles. The number of aryl methyl sites for hydroxylation is 1. The molecular weight excluding hydrogens is 336 g/mol.